The summed E-state index contributed by atoms with van der Waals surface area (Å²) in [7, 11) is 1.64. The van der Waals surface area contributed by atoms with Crippen molar-refractivity contribution >= 4 is 28.4 Å². The van der Waals surface area contributed by atoms with Crippen molar-refractivity contribution in [3.05, 3.63) is 24.0 Å². The van der Waals surface area contributed by atoms with Crippen molar-refractivity contribution < 1.29 is 19.4 Å². The quantitative estimate of drug-likeness (QED) is 0.362. The normalized spacial score (nSPS) is 12.4. The molecule has 10 heteroatoms. The number of rotatable bonds is 12. The molecule has 32 heavy (non-hydrogen) atoms. The second-order valence-corrected chi connectivity index (χ2v) is 7.97. The first-order chi connectivity index (χ1) is 15.4. The standard InChI is InChI=1S/C22H32N6O4/c1-14(2)19(29)22(30)24-10-6-5-9-23-20-21-27-26-15(3)28(21)18-8-7-16(13-17(18)25-20)32-12-11-31-4/h7-8,13-14,19,29H,5-6,9-12H2,1-4H3,(H,23,25)(H,24,30)/t19-/m1/s1. The third-order valence-corrected chi connectivity index (χ3v) is 5.11. The lowest BCUT2D eigenvalue weighted by Gasteiger charge is -2.14. The van der Waals surface area contributed by atoms with Gasteiger partial charge in [-0.25, -0.2) is 4.98 Å². The molecule has 0 saturated heterocycles. The number of nitrogens with zero attached hydrogens (tertiary/aromatic N) is 4. The number of benzene rings is 1. The molecule has 0 aliphatic heterocycles. The van der Waals surface area contributed by atoms with E-state index in [2.05, 4.69) is 20.8 Å². The number of anilines is 1. The summed E-state index contributed by atoms with van der Waals surface area (Å²) < 4.78 is 12.7. The fraction of sp³-hybridized carbons (Fsp3) is 0.545. The Morgan fingerprint density at radius 2 is 1.97 bits per heavy atom. The number of carbonyl (C=O) groups is 1. The number of hydrogen-bond acceptors (Lipinski definition) is 8. The van der Waals surface area contributed by atoms with Crippen LogP contribution < -0.4 is 15.4 Å². The number of aliphatic hydroxyl groups is 1. The molecule has 2 aromatic heterocycles. The van der Waals surface area contributed by atoms with Gasteiger partial charge in [-0.1, -0.05) is 13.8 Å². The number of ether oxygens (including phenoxy) is 2. The van der Waals surface area contributed by atoms with Gasteiger partial charge in [-0.05, 0) is 37.8 Å². The maximum Gasteiger partial charge on any atom is 0.249 e. The lowest BCUT2D eigenvalue weighted by Crippen LogP contribution is -2.38. The molecule has 2 heterocycles. The van der Waals surface area contributed by atoms with Crippen molar-refractivity contribution in [1.29, 1.82) is 0 Å². The van der Waals surface area contributed by atoms with Crippen molar-refractivity contribution in [1.82, 2.24) is 24.9 Å². The number of aromatic nitrogens is 4. The molecule has 3 N–H and O–H groups in total. The van der Waals surface area contributed by atoms with Crippen LogP contribution >= 0.6 is 0 Å². The Kier molecular flexibility index (Phi) is 8.18. The summed E-state index contributed by atoms with van der Waals surface area (Å²) in [5.41, 5.74) is 2.34. The van der Waals surface area contributed by atoms with Crippen LogP contribution in [0, 0.1) is 12.8 Å². The maximum absolute atomic E-state index is 11.8. The molecule has 0 bridgehead atoms. The molecule has 174 valence electrons. The summed E-state index contributed by atoms with van der Waals surface area (Å²) in [6.07, 6.45) is 0.621. The molecule has 0 aliphatic carbocycles. The van der Waals surface area contributed by atoms with Gasteiger partial charge in [0.05, 0.1) is 17.6 Å². The summed E-state index contributed by atoms with van der Waals surface area (Å²) in [5, 5.41) is 24.3. The Labute approximate surface area is 187 Å². The highest BCUT2D eigenvalue weighted by atomic mass is 16.5. The van der Waals surface area contributed by atoms with E-state index < -0.39 is 6.10 Å². The average molecular weight is 445 g/mol. The van der Waals surface area contributed by atoms with Gasteiger partial charge >= 0.3 is 0 Å². The number of carbonyl (C=O) groups excluding carboxylic acids is 1. The molecule has 1 amide bonds. The number of unbranched alkanes of at least 4 members (excludes halogenated alkanes) is 1. The first-order valence-electron chi connectivity index (χ1n) is 10.9. The number of aliphatic hydroxyl groups excluding tert-OH is 1. The Morgan fingerprint density at radius 1 is 1.19 bits per heavy atom. The zero-order valence-electron chi connectivity index (χ0n) is 19.1. The lowest BCUT2D eigenvalue weighted by atomic mass is 10.1. The summed E-state index contributed by atoms with van der Waals surface area (Å²) in [6, 6.07) is 5.74. The van der Waals surface area contributed by atoms with Gasteiger partial charge in [0.15, 0.2) is 5.82 Å². The molecule has 0 aliphatic rings. The Balaban J connectivity index is 1.64. The van der Waals surface area contributed by atoms with Crippen LogP contribution in [0.5, 0.6) is 5.75 Å². The molecule has 0 fully saturated rings. The Morgan fingerprint density at radius 3 is 2.72 bits per heavy atom. The Bertz CT molecular complexity index is 1050. The molecule has 0 saturated carbocycles. The molecule has 3 aromatic rings. The average Bonchev–Trinajstić information content (AvgIpc) is 3.17. The van der Waals surface area contributed by atoms with Gasteiger partial charge in [0, 0.05) is 26.3 Å². The van der Waals surface area contributed by atoms with Crippen molar-refractivity contribution in [3.63, 3.8) is 0 Å². The van der Waals surface area contributed by atoms with Gasteiger partial charge < -0.3 is 25.2 Å². The van der Waals surface area contributed by atoms with Gasteiger partial charge in [-0.2, -0.15) is 0 Å². The predicted octanol–water partition coefficient (Wildman–Crippen LogP) is 1.94. The van der Waals surface area contributed by atoms with Crippen molar-refractivity contribution in [2.75, 3.05) is 38.7 Å². The van der Waals surface area contributed by atoms with Gasteiger partial charge in [-0.15, -0.1) is 10.2 Å². The van der Waals surface area contributed by atoms with E-state index in [1.165, 1.54) is 0 Å². The van der Waals surface area contributed by atoms with Crippen LogP contribution in [-0.2, 0) is 9.53 Å². The van der Waals surface area contributed by atoms with Gasteiger partial charge in [0.25, 0.3) is 0 Å². The predicted molar refractivity (Wildman–Crippen MR) is 122 cm³/mol. The molecule has 3 rings (SSSR count). The van der Waals surface area contributed by atoms with Crippen molar-refractivity contribution in [3.8, 4) is 5.75 Å². The van der Waals surface area contributed by atoms with Crippen LogP contribution in [0.1, 0.15) is 32.5 Å². The van der Waals surface area contributed by atoms with Crippen LogP contribution in [0.3, 0.4) is 0 Å². The van der Waals surface area contributed by atoms with E-state index in [9.17, 15) is 9.90 Å². The highest BCUT2D eigenvalue weighted by Gasteiger charge is 2.18. The first-order valence-corrected chi connectivity index (χ1v) is 10.9. The number of fused-ring (bicyclic) bond motifs is 3. The largest absolute Gasteiger partial charge is 0.491 e. The highest BCUT2D eigenvalue weighted by Crippen LogP contribution is 2.25. The summed E-state index contributed by atoms with van der Waals surface area (Å²) in [4.78, 5) is 16.5. The van der Waals surface area contributed by atoms with E-state index in [1.54, 1.807) is 7.11 Å². The molecule has 0 spiro atoms. The van der Waals surface area contributed by atoms with E-state index >= 15 is 0 Å². The second-order valence-electron chi connectivity index (χ2n) is 7.97. The maximum atomic E-state index is 11.8. The van der Waals surface area contributed by atoms with Gasteiger partial charge in [-0.3, -0.25) is 9.20 Å². The minimum Gasteiger partial charge on any atom is -0.491 e. The SMILES string of the molecule is COCCOc1ccc2c(c1)nc(NCCCCNC(=O)[C@H](O)C(C)C)c1nnc(C)n12. The second kappa shape index (κ2) is 11.1. The van der Waals surface area contributed by atoms with E-state index in [0.717, 1.165) is 35.4 Å². The molecule has 1 atom stereocenters. The van der Waals surface area contributed by atoms with Crippen LogP contribution in [-0.4, -0.2) is 70.1 Å². The molecule has 0 unspecified atom stereocenters. The van der Waals surface area contributed by atoms with Crippen LogP contribution in [0.25, 0.3) is 16.7 Å². The number of hydrogen-bond donors (Lipinski definition) is 3. The van der Waals surface area contributed by atoms with E-state index in [0.29, 0.717) is 37.8 Å². The molecule has 0 radical (unpaired) electrons. The number of aryl methyl sites for hydroxylation is 1. The lowest BCUT2D eigenvalue weighted by molar-refractivity contribution is -0.131. The zero-order valence-corrected chi connectivity index (χ0v) is 19.1. The monoisotopic (exact) mass is 444 g/mol. The van der Waals surface area contributed by atoms with Crippen LogP contribution in [0.15, 0.2) is 18.2 Å². The summed E-state index contributed by atoms with van der Waals surface area (Å²) in [5.74, 6) is 1.71. The molecular formula is C22H32N6O4. The summed E-state index contributed by atoms with van der Waals surface area (Å²) in [6.45, 7) is 7.67. The van der Waals surface area contributed by atoms with Crippen molar-refractivity contribution in [2.24, 2.45) is 5.92 Å². The number of methoxy groups -OCH3 is 1. The first kappa shape index (κ1) is 23.7. The van der Waals surface area contributed by atoms with E-state index in [4.69, 9.17) is 14.5 Å². The van der Waals surface area contributed by atoms with Crippen LogP contribution in [0.4, 0.5) is 5.82 Å². The molecule has 10 nitrogen and oxygen atoms in total. The van der Waals surface area contributed by atoms with Crippen LogP contribution in [0.2, 0.25) is 0 Å². The molecular weight excluding hydrogens is 412 g/mol. The fourth-order valence-corrected chi connectivity index (χ4v) is 3.28. The zero-order chi connectivity index (χ0) is 23.1. The smallest absolute Gasteiger partial charge is 0.249 e. The van der Waals surface area contributed by atoms with Gasteiger partial charge in [0.2, 0.25) is 11.6 Å². The third-order valence-electron chi connectivity index (χ3n) is 5.11. The molecule has 1 aromatic carbocycles. The minimum atomic E-state index is -0.970. The topological polar surface area (TPSA) is 123 Å². The summed E-state index contributed by atoms with van der Waals surface area (Å²) >= 11 is 0. The highest BCUT2D eigenvalue weighted by molar-refractivity contribution is 5.84. The Hall–Kier alpha value is -2.98. The minimum absolute atomic E-state index is 0.101. The van der Waals surface area contributed by atoms with Crippen molar-refractivity contribution in [2.45, 2.75) is 39.7 Å². The number of amides is 1. The fourth-order valence-electron chi connectivity index (χ4n) is 3.28. The number of nitrogens with one attached hydrogen (secondary N) is 2. The third kappa shape index (κ3) is 5.63. The van der Waals surface area contributed by atoms with E-state index in [1.807, 2.05) is 43.4 Å². The van der Waals surface area contributed by atoms with E-state index in [-0.39, 0.29) is 11.8 Å². The van der Waals surface area contributed by atoms with Gasteiger partial charge in [0.1, 0.15) is 24.3 Å².